The fraction of sp³-hybridized carbons (Fsp3) is 0.250. The number of nitrogens with one attached hydrogen (secondary N) is 1. The molecule has 2 aromatic carbocycles. The van der Waals surface area contributed by atoms with E-state index in [-0.39, 0.29) is 0 Å². The third-order valence-corrected chi connectivity index (χ3v) is 2.85. The summed E-state index contributed by atoms with van der Waals surface area (Å²) in [5, 5.41) is 3.42. The van der Waals surface area contributed by atoms with Gasteiger partial charge >= 0.3 is 0 Å². The zero-order valence-electron chi connectivity index (χ0n) is 10.7. The largest absolute Gasteiger partial charge is 0.385 e. The van der Waals surface area contributed by atoms with E-state index in [1.807, 2.05) is 6.07 Å². The first-order valence-corrected chi connectivity index (χ1v) is 6.24. The van der Waals surface area contributed by atoms with Crippen LogP contribution in [-0.2, 0) is 17.8 Å². The Morgan fingerprint density at radius 3 is 2.28 bits per heavy atom. The van der Waals surface area contributed by atoms with Gasteiger partial charge in [-0.2, -0.15) is 0 Å². The van der Waals surface area contributed by atoms with Crippen molar-refractivity contribution in [1.82, 2.24) is 0 Å². The molecule has 0 aliphatic heterocycles. The van der Waals surface area contributed by atoms with E-state index in [0.717, 1.165) is 18.7 Å². The van der Waals surface area contributed by atoms with E-state index in [9.17, 15) is 0 Å². The van der Waals surface area contributed by atoms with Gasteiger partial charge in [0.2, 0.25) is 0 Å². The minimum atomic E-state index is 0.671. The van der Waals surface area contributed by atoms with Crippen molar-refractivity contribution in [2.24, 2.45) is 0 Å². The molecule has 2 rings (SSSR count). The second-order valence-corrected chi connectivity index (χ2v) is 4.29. The predicted octanol–water partition coefficient (Wildman–Crippen LogP) is 3.49. The van der Waals surface area contributed by atoms with Crippen molar-refractivity contribution in [2.45, 2.75) is 13.0 Å². The average Bonchev–Trinajstić information content (AvgIpc) is 2.42. The molecule has 0 atom stereocenters. The van der Waals surface area contributed by atoms with Crippen LogP contribution in [0.5, 0.6) is 0 Å². The Kier molecular flexibility index (Phi) is 4.79. The van der Waals surface area contributed by atoms with E-state index in [1.54, 1.807) is 7.11 Å². The predicted molar refractivity (Wildman–Crippen MR) is 75.8 cm³/mol. The maximum absolute atomic E-state index is 5.09. The summed E-state index contributed by atoms with van der Waals surface area (Å²) in [6, 6.07) is 18.9. The van der Waals surface area contributed by atoms with Crippen LogP contribution in [0.3, 0.4) is 0 Å². The molecule has 2 aromatic rings. The van der Waals surface area contributed by atoms with Crippen molar-refractivity contribution in [3.05, 3.63) is 65.7 Å². The fourth-order valence-corrected chi connectivity index (χ4v) is 1.88. The first-order valence-electron chi connectivity index (χ1n) is 6.24. The first-order chi connectivity index (χ1) is 8.88. The quantitative estimate of drug-likeness (QED) is 0.836. The monoisotopic (exact) mass is 241 g/mol. The Balaban J connectivity index is 1.80. The van der Waals surface area contributed by atoms with Gasteiger partial charge in [-0.3, -0.25) is 0 Å². The minimum absolute atomic E-state index is 0.671. The third kappa shape index (κ3) is 3.90. The van der Waals surface area contributed by atoms with Crippen molar-refractivity contribution >= 4 is 5.69 Å². The molecule has 2 heteroatoms. The molecule has 1 N–H and O–H groups in total. The Morgan fingerprint density at radius 2 is 1.61 bits per heavy atom. The van der Waals surface area contributed by atoms with Gasteiger partial charge < -0.3 is 10.1 Å². The van der Waals surface area contributed by atoms with Gasteiger partial charge in [-0.1, -0.05) is 42.5 Å². The molecule has 0 amide bonds. The summed E-state index contributed by atoms with van der Waals surface area (Å²) < 4.78 is 5.09. The zero-order valence-corrected chi connectivity index (χ0v) is 10.7. The molecule has 0 spiro atoms. The van der Waals surface area contributed by atoms with E-state index in [1.165, 1.54) is 11.1 Å². The molecule has 0 aromatic heterocycles. The van der Waals surface area contributed by atoms with E-state index >= 15 is 0 Å². The molecule has 0 heterocycles. The normalized spacial score (nSPS) is 10.3. The summed E-state index contributed by atoms with van der Waals surface area (Å²) in [4.78, 5) is 0. The number of hydrogen-bond acceptors (Lipinski definition) is 2. The number of benzene rings is 2. The van der Waals surface area contributed by atoms with Crippen LogP contribution >= 0.6 is 0 Å². The lowest BCUT2D eigenvalue weighted by Gasteiger charge is -2.07. The summed E-state index contributed by atoms with van der Waals surface area (Å²) in [6.45, 7) is 1.62. The lowest BCUT2D eigenvalue weighted by molar-refractivity contribution is 0.185. The smallest absolute Gasteiger partial charge is 0.0713 e. The molecule has 0 fully saturated rings. The molecule has 0 saturated carbocycles. The highest BCUT2D eigenvalue weighted by Crippen LogP contribution is 2.10. The molecule has 2 nitrogen and oxygen atoms in total. The molecule has 0 unspecified atom stereocenters. The lowest BCUT2D eigenvalue weighted by Crippen LogP contribution is -2.04. The average molecular weight is 241 g/mol. The van der Waals surface area contributed by atoms with Crippen LogP contribution in [0.2, 0.25) is 0 Å². The van der Waals surface area contributed by atoms with Crippen LogP contribution in [0, 0.1) is 0 Å². The van der Waals surface area contributed by atoms with Crippen molar-refractivity contribution in [3.8, 4) is 0 Å². The van der Waals surface area contributed by atoms with Gasteiger partial charge in [-0.05, 0) is 29.7 Å². The molecule has 0 radical (unpaired) electrons. The molecule has 0 bridgehead atoms. The number of rotatable bonds is 6. The summed E-state index contributed by atoms with van der Waals surface area (Å²) in [5.74, 6) is 0. The van der Waals surface area contributed by atoms with E-state index in [2.05, 4.69) is 53.8 Å². The molecular weight excluding hydrogens is 222 g/mol. The summed E-state index contributed by atoms with van der Waals surface area (Å²) >= 11 is 0. The van der Waals surface area contributed by atoms with E-state index < -0.39 is 0 Å². The Morgan fingerprint density at radius 1 is 0.889 bits per heavy atom. The first kappa shape index (κ1) is 12.7. The third-order valence-electron chi connectivity index (χ3n) is 2.85. The number of ether oxygens (including phenoxy) is 1. The summed E-state index contributed by atoms with van der Waals surface area (Å²) in [5.41, 5.74) is 3.72. The van der Waals surface area contributed by atoms with Gasteiger partial charge in [0.25, 0.3) is 0 Å². The van der Waals surface area contributed by atoms with Gasteiger partial charge in [0, 0.05) is 19.3 Å². The van der Waals surface area contributed by atoms with Crippen molar-refractivity contribution in [1.29, 1.82) is 0 Å². The molecule has 0 saturated heterocycles. The second-order valence-electron chi connectivity index (χ2n) is 4.29. The van der Waals surface area contributed by atoms with Crippen LogP contribution in [0.1, 0.15) is 11.1 Å². The molecule has 0 aliphatic rings. The van der Waals surface area contributed by atoms with Crippen LogP contribution in [0.15, 0.2) is 54.6 Å². The summed E-state index contributed by atoms with van der Waals surface area (Å²) in [6.07, 6.45) is 1.04. The molecule has 0 aliphatic carbocycles. The highest BCUT2D eigenvalue weighted by molar-refractivity contribution is 5.44. The number of methoxy groups -OCH3 is 1. The van der Waals surface area contributed by atoms with Gasteiger partial charge in [-0.25, -0.2) is 0 Å². The SMILES string of the molecule is COCc1ccc(NCCc2ccccc2)cc1. The molecule has 94 valence electrons. The fourth-order valence-electron chi connectivity index (χ4n) is 1.88. The Hall–Kier alpha value is -1.80. The Bertz CT molecular complexity index is 450. The highest BCUT2D eigenvalue weighted by Gasteiger charge is 1.95. The van der Waals surface area contributed by atoms with Crippen LogP contribution in [0.4, 0.5) is 5.69 Å². The van der Waals surface area contributed by atoms with Gasteiger partial charge in [0.1, 0.15) is 0 Å². The molecular formula is C16H19NO. The van der Waals surface area contributed by atoms with E-state index in [4.69, 9.17) is 4.74 Å². The highest BCUT2D eigenvalue weighted by atomic mass is 16.5. The van der Waals surface area contributed by atoms with Crippen LogP contribution < -0.4 is 5.32 Å². The van der Waals surface area contributed by atoms with Gasteiger partial charge in [0.15, 0.2) is 0 Å². The van der Waals surface area contributed by atoms with Crippen molar-refractivity contribution in [3.63, 3.8) is 0 Å². The second kappa shape index (κ2) is 6.82. The van der Waals surface area contributed by atoms with Gasteiger partial charge in [-0.15, -0.1) is 0 Å². The number of anilines is 1. The lowest BCUT2D eigenvalue weighted by atomic mass is 10.1. The topological polar surface area (TPSA) is 21.3 Å². The summed E-state index contributed by atoms with van der Waals surface area (Å²) in [7, 11) is 1.71. The zero-order chi connectivity index (χ0) is 12.6. The maximum Gasteiger partial charge on any atom is 0.0713 e. The molecule has 18 heavy (non-hydrogen) atoms. The van der Waals surface area contributed by atoms with Crippen LogP contribution in [-0.4, -0.2) is 13.7 Å². The van der Waals surface area contributed by atoms with E-state index in [0.29, 0.717) is 6.61 Å². The van der Waals surface area contributed by atoms with Gasteiger partial charge in [0.05, 0.1) is 6.61 Å². The standard InChI is InChI=1S/C16H19NO/c1-18-13-15-7-9-16(10-8-15)17-12-11-14-5-3-2-4-6-14/h2-10,17H,11-13H2,1H3. The van der Waals surface area contributed by atoms with Crippen molar-refractivity contribution in [2.75, 3.05) is 19.0 Å². The maximum atomic E-state index is 5.09. The van der Waals surface area contributed by atoms with Crippen LogP contribution in [0.25, 0.3) is 0 Å². The van der Waals surface area contributed by atoms with Crippen molar-refractivity contribution < 1.29 is 4.74 Å². The minimum Gasteiger partial charge on any atom is -0.385 e. The Labute approximate surface area is 109 Å². The number of hydrogen-bond donors (Lipinski definition) is 1.